The lowest BCUT2D eigenvalue weighted by molar-refractivity contribution is 0.302. The van der Waals surface area contributed by atoms with Gasteiger partial charge in [0.25, 0.3) is 0 Å². The molecule has 1 aliphatic rings. The monoisotopic (exact) mass is 259 g/mol. The average Bonchev–Trinajstić information content (AvgIpc) is 2.83. The van der Waals surface area contributed by atoms with Gasteiger partial charge in [-0.15, -0.1) is 0 Å². The summed E-state index contributed by atoms with van der Waals surface area (Å²) < 4.78 is 0. The molecule has 106 valence electrons. The van der Waals surface area contributed by atoms with E-state index in [0.717, 1.165) is 6.54 Å². The van der Waals surface area contributed by atoms with Gasteiger partial charge >= 0.3 is 0 Å². The Morgan fingerprint density at radius 1 is 1.00 bits per heavy atom. The Hall–Kier alpha value is -0.820. The molecular weight excluding hydrogens is 230 g/mol. The molecule has 0 aromatic heterocycles. The van der Waals surface area contributed by atoms with Crippen LogP contribution < -0.4 is 5.32 Å². The zero-order chi connectivity index (χ0) is 13.9. The minimum absolute atomic E-state index is 0.457. The second kappa shape index (κ2) is 6.09. The van der Waals surface area contributed by atoms with E-state index in [1.165, 1.54) is 36.8 Å². The highest BCUT2D eigenvalue weighted by Crippen LogP contribution is 2.37. The summed E-state index contributed by atoms with van der Waals surface area (Å²) >= 11 is 0. The van der Waals surface area contributed by atoms with Crippen molar-refractivity contribution in [3.63, 3.8) is 0 Å². The Kier molecular flexibility index (Phi) is 4.67. The average molecular weight is 259 g/mol. The number of hydrogen-bond donors (Lipinski definition) is 1. The molecule has 0 amide bonds. The van der Waals surface area contributed by atoms with E-state index in [1.54, 1.807) is 0 Å². The summed E-state index contributed by atoms with van der Waals surface area (Å²) in [7, 11) is 0. The summed E-state index contributed by atoms with van der Waals surface area (Å²) in [5, 5.41) is 3.73. The highest BCUT2D eigenvalue weighted by atomic mass is 14.9. The van der Waals surface area contributed by atoms with E-state index in [4.69, 9.17) is 0 Å². The van der Waals surface area contributed by atoms with Crippen LogP contribution >= 0.6 is 0 Å². The zero-order valence-electron chi connectivity index (χ0n) is 13.0. The Morgan fingerprint density at radius 2 is 1.53 bits per heavy atom. The van der Waals surface area contributed by atoms with Gasteiger partial charge in [-0.1, -0.05) is 57.9 Å². The predicted octanol–water partition coefficient (Wildman–Crippen LogP) is 5.04. The van der Waals surface area contributed by atoms with Gasteiger partial charge in [-0.2, -0.15) is 0 Å². The molecule has 1 saturated carbocycles. The Balaban J connectivity index is 1.90. The van der Waals surface area contributed by atoms with Crippen LogP contribution in [-0.2, 0) is 0 Å². The SMILES string of the molecule is CC(C)c1ccc(C(C)NCC2(C)CCCC2)cc1. The van der Waals surface area contributed by atoms with Crippen molar-refractivity contribution in [1.82, 2.24) is 5.32 Å². The second-order valence-corrected chi connectivity index (χ2v) is 6.94. The van der Waals surface area contributed by atoms with Crippen LogP contribution in [-0.4, -0.2) is 6.54 Å². The van der Waals surface area contributed by atoms with Crippen LogP contribution in [0.4, 0.5) is 0 Å². The molecule has 0 saturated heterocycles. The summed E-state index contributed by atoms with van der Waals surface area (Å²) in [6.07, 6.45) is 5.60. The van der Waals surface area contributed by atoms with Crippen LogP contribution in [0.3, 0.4) is 0 Å². The van der Waals surface area contributed by atoms with Crippen LogP contribution in [0.25, 0.3) is 0 Å². The maximum atomic E-state index is 3.73. The molecule has 0 aliphatic heterocycles. The Bertz CT molecular complexity index is 385. The molecule has 1 aromatic rings. The number of rotatable bonds is 5. The summed E-state index contributed by atoms with van der Waals surface area (Å²) in [5.74, 6) is 0.620. The van der Waals surface area contributed by atoms with Crippen molar-refractivity contribution in [2.75, 3.05) is 6.54 Å². The van der Waals surface area contributed by atoms with E-state index < -0.39 is 0 Å². The molecule has 1 aliphatic carbocycles. The van der Waals surface area contributed by atoms with Crippen LogP contribution in [0.1, 0.15) is 76.5 Å². The quantitative estimate of drug-likeness (QED) is 0.781. The molecule has 1 N–H and O–H groups in total. The third kappa shape index (κ3) is 3.82. The number of benzene rings is 1. The van der Waals surface area contributed by atoms with Gasteiger partial charge < -0.3 is 5.32 Å². The van der Waals surface area contributed by atoms with Gasteiger partial charge in [-0.05, 0) is 42.2 Å². The van der Waals surface area contributed by atoms with E-state index in [2.05, 4.69) is 57.3 Å². The first-order chi connectivity index (χ1) is 9.00. The third-order valence-corrected chi connectivity index (χ3v) is 4.75. The molecule has 0 heterocycles. The molecule has 1 nitrogen and oxygen atoms in total. The van der Waals surface area contributed by atoms with Crippen molar-refractivity contribution in [2.24, 2.45) is 5.41 Å². The number of hydrogen-bond acceptors (Lipinski definition) is 1. The summed E-state index contributed by atoms with van der Waals surface area (Å²) in [6, 6.07) is 9.57. The highest BCUT2D eigenvalue weighted by molar-refractivity contribution is 5.26. The van der Waals surface area contributed by atoms with E-state index >= 15 is 0 Å². The standard InChI is InChI=1S/C18H29N/c1-14(2)16-7-9-17(10-8-16)15(3)19-13-18(4)11-5-6-12-18/h7-10,14-15,19H,5-6,11-13H2,1-4H3. The fourth-order valence-electron chi connectivity index (χ4n) is 3.09. The second-order valence-electron chi connectivity index (χ2n) is 6.94. The van der Waals surface area contributed by atoms with Crippen LogP contribution in [0.5, 0.6) is 0 Å². The first-order valence-corrected chi connectivity index (χ1v) is 7.83. The van der Waals surface area contributed by atoms with Crippen molar-refractivity contribution in [1.29, 1.82) is 0 Å². The molecule has 0 radical (unpaired) electrons. The van der Waals surface area contributed by atoms with Gasteiger partial charge in [-0.25, -0.2) is 0 Å². The Labute approximate surface area is 118 Å². The van der Waals surface area contributed by atoms with Crippen molar-refractivity contribution in [3.05, 3.63) is 35.4 Å². The summed E-state index contributed by atoms with van der Waals surface area (Å²) in [6.45, 7) is 10.4. The molecule has 0 spiro atoms. The van der Waals surface area contributed by atoms with Crippen LogP contribution in [0.2, 0.25) is 0 Å². The van der Waals surface area contributed by atoms with Crippen LogP contribution in [0.15, 0.2) is 24.3 Å². The van der Waals surface area contributed by atoms with E-state index in [0.29, 0.717) is 17.4 Å². The maximum Gasteiger partial charge on any atom is 0.0292 e. The number of nitrogens with one attached hydrogen (secondary N) is 1. The molecule has 19 heavy (non-hydrogen) atoms. The van der Waals surface area contributed by atoms with Crippen molar-refractivity contribution in [2.45, 2.75) is 65.3 Å². The predicted molar refractivity (Wildman–Crippen MR) is 83.5 cm³/mol. The molecule has 1 unspecified atom stereocenters. The fourth-order valence-corrected chi connectivity index (χ4v) is 3.09. The van der Waals surface area contributed by atoms with Gasteiger partial charge in [0, 0.05) is 12.6 Å². The molecule has 1 heteroatoms. The van der Waals surface area contributed by atoms with Crippen molar-refractivity contribution < 1.29 is 0 Å². The Morgan fingerprint density at radius 3 is 2.05 bits per heavy atom. The van der Waals surface area contributed by atoms with Crippen molar-refractivity contribution >= 4 is 0 Å². The molecule has 2 rings (SSSR count). The molecule has 1 atom stereocenters. The van der Waals surface area contributed by atoms with Gasteiger partial charge in [0.1, 0.15) is 0 Å². The van der Waals surface area contributed by atoms with Gasteiger partial charge in [0.05, 0.1) is 0 Å². The van der Waals surface area contributed by atoms with Crippen molar-refractivity contribution in [3.8, 4) is 0 Å². The maximum absolute atomic E-state index is 3.73. The largest absolute Gasteiger partial charge is 0.310 e. The zero-order valence-corrected chi connectivity index (χ0v) is 13.0. The summed E-state index contributed by atoms with van der Waals surface area (Å²) in [5.41, 5.74) is 3.37. The van der Waals surface area contributed by atoms with Gasteiger partial charge in [-0.3, -0.25) is 0 Å². The highest BCUT2D eigenvalue weighted by Gasteiger charge is 2.28. The smallest absolute Gasteiger partial charge is 0.0292 e. The molecule has 1 fully saturated rings. The lowest BCUT2D eigenvalue weighted by atomic mass is 9.88. The molecule has 1 aromatic carbocycles. The molecular formula is C18H29N. The van der Waals surface area contributed by atoms with Gasteiger partial charge in [0.15, 0.2) is 0 Å². The topological polar surface area (TPSA) is 12.0 Å². The van der Waals surface area contributed by atoms with E-state index in [-0.39, 0.29) is 0 Å². The third-order valence-electron chi connectivity index (χ3n) is 4.75. The van der Waals surface area contributed by atoms with Crippen LogP contribution in [0, 0.1) is 5.41 Å². The minimum Gasteiger partial charge on any atom is -0.310 e. The first-order valence-electron chi connectivity index (χ1n) is 7.83. The lowest BCUT2D eigenvalue weighted by Crippen LogP contribution is -2.31. The van der Waals surface area contributed by atoms with E-state index in [1.807, 2.05) is 0 Å². The first kappa shape index (κ1) is 14.6. The fraction of sp³-hybridized carbons (Fsp3) is 0.667. The van der Waals surface area contributed by atoms with E-state index in [9.17, 15) is 0 Å². The molecule has 0 bridgehead atoms. The summed E-state index contributed by atoms with van der Waals surface area (Å²) in [4.78, 5) is 0. The van der Waals surface area contributed by atoms with Gasteiger partial charge in [0.2, 0.25) is 0 Å². The lowest BCUT2D eigenvalue weighted by Gasteiger charge is -2.26. The minimum atomic E-state index is 0.457. The normalized spacial score (nSPS) is 19.8.